The smallest absolute Gasteiger partial charge is 0.138 e. The second kappa shape index (κ2) is 7.68. The van der Waals surface area contributed by atoms with Gasteiger partial charge in [-0.05, 0) is 81.8 Å². The lowest BCUT2D eigenvalue weighted by Crippen LogP contribution is -2.29. The number of ether oxygens (including phenoxy) is 1. The van der Waals surface area contributed by atoms with Gasteiger partial charge in [0.15, 0.2) is 0 Å². The Morgan fingerprint density at radius 2 is 1.57 bits per heavy atom. The zero-order valence-electron chi connectivity index (χ0n) is 15.2. The standard InChI is InChI=1S/C21H33NO/c1-4-17-5-7-18(8-6-17)19-9-11-20(12-10-19)23-21-13-15(2)16(3)22-14-21/h13-14,17-20H,4-12H2,1-3H3. The first kappa shape index (κ1) is 16.8. The first-order valence-corrected chi connectivity index (χ1v) is 9.75. The van der Waals surface area contributed by atoms with Crippen molar-refractivity contribution in [3.05, 3.63) is 23.5 Å². The Bertz CT molecular complexity index is 497. The van der Waals surface area contributed by atoms with Crippen LogP contribution in [0.25, 0.3) is 0 Å². The molecule has 0 atom stereocenters. The number of nitrogens with zero attached hydrogens (tertiary/aromatic N) is 1. The van der Waals surface area contributed by atoms with E-state index in [-0.39, 0.29) is 0 Å². The zero-order chi connectivity index (χ0) is 16.2. The quantitative estimate of drug-likeness (QED) is 0.695. The molecule has 128 valence electrons. The summed E-state index contributed by atoms with van der Waals surface area (Å²) in [6.45, 7) is 6.52. The maximum Gasteiger partial charge on any atom is 0.138 e. The van der Waals surface area contributed by atoms with E-state index in [9.17, 15) is 0 Å². The predicted octanol–water partition coefficient (Wildman–Crippen LogP) is 5.85. The molecular weight excluding hydrogens is 282 g/mol. The van der Waals surface area contributed by atoms with Crippen molar-refractivity contribution in [1.82, 2.24) is 4.98 Å². The minimum Gasteiger partial charge on any atom is -0.489 e. The summed E-state index contributed by atoms with van der Waals surface area (Å²) in [6, 6.07) is 2.14. The number of aromatic nitrogens is 1. The van der Waals surface area contributed by atoms with E-state index in [0.29, 0.717) is 6.10 Å². The fourth-order valence-electron chi connectivity index (χ4n) is 4.62. The van der Waals surface area contributed by atoms with Gasteiger partial charge in [-0.25, -0.2) is 0 Å². The highest BCUT2D eigenvalue weighted by Gasteiger charge is 2.31. The lowest BCUT2D eigenvalue weighted by molar-refractivity contribution is 0.0917. The third kappa shape index (κ3) is 4.28. The molecule has 0 aliphatic heterocycles. The van der Waals surface area contributed by atoms with Crippen molar-refractivity contribution in [1.29, 1.82) is 0 Å². The van der Waals surface area contributed by atoms with Crippen LogP contribution < -0.4 is 4.74 Å². The van der Waals surface area contributed by atoms with Crippen LogP contribution in [0, 0.1) is 31.6 Å². The van der Waals surface area contributed by atoms with Crippen molar-refractivity contribution in [3.63, 3.8) is 0 Å². The van der Waals surface area contributed by atoms with Crippen LogP contribution in [0.4, 0.5) is 0 Å². The van der Waals surface area contributed by atoms with E-state index in [1.54, 1.807) is 0 Å². The molecule has 0 radical (unpaired) electrons. The molecule has 2 aliphatic carbocycles. The molecule has 0 N–H and O–H groups in total. The summed E-state index contributed by atoms with van der Waals surface area (Å²) in [5, 5.41) is 0. The Kier molecular flexibility index (Phi) is 5.61. The highest BCUT2D eigenvalue weighted by Crippen LogP contribution is 2.41. The van der Waals surface area contributed by atoms with Crippen LogP contribution in [-0.4, -0.2) is 11.1 Å². The topological polar surface area (TPSA) is 22.1 Å². The van der Waals surface area contributed by atoms with E-state index >= 15 is 0 Å². The Morgan fingerprint density at radius 1 is 0.957 bits per heavy atom. The maximum atomic E-state index is 6.20. The van der Waals surface area contributed by atoms with Crippen LogP contribution in [0.1, 0.15) is 76.0 Å². The van der Waals surface area contributed by atoms with Crippen molar-refractivity contribution in [2.24, 2.45) is 17.8 Å². The summed E-state index contributed by atoms with van der Waals surface area (Å²) < 4.78 is 6.20. The third-order valence-electron chi connectivity index (χ3n) is 6.47. The van der Waals surface area contributed by atoms with Crippen molar-refractivity contribution in [2.45, 2.75) is 84.7 Å². The number of hydrogen-bond acceptors (Lipinski definition) is 2. The normalized spacial score (nSPS) is 31.8. The molecular formula is C21H33NO. The van der Waals surface area contributed by atoms with Crippen LogP contribution in [0.2, 0.25) is 0 Å². The van der Waals surface area contributed by atoms with Gasteiger partial charge in [0, 0.05) is 5.69 Å². The zero-order valence-corrected chi connectivity index (χ0v) is 15.2. The fraction of sp³-hybridized carbons (Fsp3) is 0.762. The molecule has 0 saturated heterocycles. The summed E-state index contributed by atoms with van der Waals surface area (Å²) in [5.41, 5.74) is 2.33. The molecule has 3 rings (SSSR count). The van der Waals surface area contributed by atoms with Gasteiger partial charge < -0.3 is 4.74 Å². The van der Waals surface area contributed by atoms with Gasteiger partial charge in [-0.15, -0.1) is 0 Å². The lowest BCUT2D eigenvalue weighted by atomic mass is 9.70. The Hall–Kier alpha value is -1.05. The average Bonchev–Trinajstić information content (AvgIpc) is 2.59. The molecule has 1 aromatic rings. The minimum atomic E-state index is 0.405. The molecule has 2 fully saturated rings. The van der Waals surface area contributed by atoms with Gasteiger partial charge in [0.05, 0.1) is 12.3 Å². The summed E-state index contributed by atoms with van der Waals surface area (Å²) in [7, 11) is 0. The van der Waals surface area contributed by atoms with E-state index in [1.165, 1.54) is 63.4 Å². The van der Waals surface area contributed by atoms with Gasteiger partial charge in [-0.2, -0.15) is 0 Å². The SMILES string of the molecule is CCC1CCC(C2CCC(Oc3cnc(C)c(C)c3)CC2)CC1. The van der Waals surface area contributed by atoms with E-state index in [1.807, 2.05) is 6.20 Å². The predicted molar refractivity (Wildman–Crippen MR) is 95.8 cm³/mol. The van der Waals surface area contributed by atoms with Crippen molar-refractivity contribution in [2.75, 3.05) is 0 Å². The minimum absolute atomic E-state index is 0.405. The van der Waals surface area contributed by atoms with E-state index in [0.717, 1.165) is 29.2 Å². The van der Waals surface area contributed by atoms with E-state index in [2.05, 4.69) is 31.8 Å². The molecule has 0 spiro atoms. The van der Waals surface area contributed by atoms with Gasteiger partial charge >= 0.3 is 0 Å². The Balaban J connectivity index is 1.46. The average molecular weight is 316 g/mol. The largest absolute Gasteiger partial charge is 0.489 e. The van der Waals surface area contributed by atoms with Crippen LogP contribution in [-0.2, 0) is 0 Å². The van der Waals surface area contributed by atoms with Crippen LogP contribution in [0.5, 0.6) is 5.75 Å². The van der Waals surface area contributed by atoms with Gasteiger partial charge in [-0.3, -0.25) is 4.98 Å². The molecule has 2 nitrogen and oxygen atoms in total. The highest BCUT2D eigenvalue weighted by atomic mass is 16.5. The first-order valence-electron chi connectivity index (χ1n) is 9.75. The second-order valence-corrected chi connectivity index (χ2v) is 7.92. The fourth-order valence-corrected chi connectivity index (χ4v) is 4.62. The molecule has 0 aromatic carbocycles. The number of rotatable bonds is 4. The third-order valence-corrected chi connectivity index (χ3v) is 6.47. The van der Waals surface area contributed by atoms with Crippen LogP contribution in [0.3, 0.4) is 0 Å². The number of aryl methyl sites for hydroxylation is 2. The van der Waals surface area contributed by atoms with Gasteiger partial charge in [-0.1, -0.05) is 26.2 Å². The van der Waals surface area contributed by atoms with E-state index in [4.69, 9.17) is 4.74 Å². The summed E-state index contributed by atoms with van der Waals surface area (Å²) in [4.78, 5) is 4.42. The van der Waals surface area contributed by atoms with Crippen LogP contribution >= 0.6 is 0 Å². The van der Waals surface area contributed by atoms with Crippen molar-refractivity contribution < 1.29 is 4.74 Å². The van der Waals surface area contributed by atoms with Crippen molar-refractivity contribution >= 4 is 0 Å². The maximum absolute atomic E-state index is 6.20. The molecule has 0 unspecified atom stereocenters. The molecule has 2 heteroatoms. The number of hydrogen-bond donors (Lipinski definition) is 0. The summed E-state index contributed by atoms with van der Waals surface area (Å²) in [6.07, 6.45) is 14.8. The van der Waals surface area contributed by atoms with Crippen molar-refractivity contribution in [3.8, 4) is 5.75 Å². The van der Waals surface area contributed by atoms with Crippen LogP contribution in [0.15, 0.2) is 12.3 Å². The molecule has 2 saturated carbocycles. The molecule has 23 heavy (non-hydrogen) atoms. The molecule has 0 amide bonds. The molecule has 2 aliphatic rings. The van der Waals surface area contributed by atoms with E-state index < -0.39 is 0 Å². The molecule has 1 heterocycles. The second-order valence-electron chi connectivity index (χ2n) is 7.92. The van der Waals surface area contributed by atoms with Gasteiger partial charge in [0.25, 0.3) is 0 Å². The molecule has 0 bridgehead atoms. The number of pyridine rings is 1. The lowest BCUT2D eigenvalue weighted by Gasteiger charge is -2.37. The molecule has 1 aromatic heterocycles. The monoisotopic (exact) mass is 315 g/mol. The highest BCUT2D eigenvalue weighted by molar-refractivity contribution is 5.27. The Labute approximate surface area is 142 Å². The summed E-state index contributed by atoms with van der Waals surface area (Å²) in [5.74, 6) is 3.94. The van der Waals surface area contributed by atoms with Gasteiger partial charge in [0.2, 0.25) is 0 Å². The summed E-state index contributed by atoms with van der Waals surface area (Å²) >= 11 is 0. The van der Waals surface area contributed by atoms with Gasteiger partial charge in [0.1, 0.15) is 5.75 Å². The Morgan fingerprint density at radius 3 is 2.13 bits per heavy atom. The first-order chi connectivity index (χ1) is 11.2.